The van der Waals surface area contributed by atoms with Crippen LogP contribution in [0.15, 0.2) is 0 Å². The van der Waals surface area contributed by atoms with Gasteiger partial charge in [0.2, 0.25) is 0 Å². The highest BCUT2D eigenvalue weighted by Gasteiger charge is 2.40. The molecule has 0 saturated heterocycles. The molecule has 0 bridgehead atoms. The van der Waals surface area contributed by atoms with Crippen LogP contribution < -0.4 is 0 Å². The molecule has 0 rings (SSSR count). The quantitative estimate of drug-likeness (QED) is 0.429. The third kappa shape index (κ3) is 6.27. The van der Waals surface area contributed by atoms with E-state index in [4.69, 9.17) is 18.0 Å². The second kappa shape index (κ2) is 9.29. The van der Waals surface area contributed by atoms with E-state index in [1.54, 1.807) is 0 Å². The smallest absolute Gasteiger partial charge is 0.377 e. The Balaban J connectivity index is 4.18. The van der Waals surface area contributed by atoms with Gasteiger partial charge in [-0.05, 0) is 27.2 Å². The van der Waals surface area contributed by atoms with Gasteiger partial charge in [0, 0.05) is 26.4 Å². The van der Waals surface area contributed by atoms with Gasteiger partial charge in [0.1, 0.15) is 6.23 Å². The van der Waals surface area contributed by atoms with Crippen molar-refractivity contribution in [1.29, 1.82) is 0 Å². The Hall–Kier alpha value is 0.0569. The maximum Gasteiger partial charge on any atom is 0.528 e. The number of ether oxygens (including phenoxy) is 1. The van der Waals surface area contributed by atoms with Gasteiger partial charge < -0.3 is 18.0 Å². The van der Waals surface area contributed by atoms with E-state index >= 15 is 0 Å². The van der Waals surface area contributed by atoms with Crippen LogP contribution in [0.2, 0.25) is 0 Å². The van der Waals surface area contributed by atoms with E-state index in [9.17, 15) is 0 Å². The maximum atomic E-state index is 5.63. The predicted molar refractivity (Wildman–Crippen MR) is 61.7 cm³/mol. The number of hydrogen-bond acceptors (Lipinski definition) is 4. The molecule has 92 valence electrons. The summed E-state index contributed by atoms with van der Waals surface area (Å²) in [4.78, 5) is 0. The van der Waals surface area contributed by atoms with E-state index in [0.29, 0.717) is 26.1 Å². The summed E-state index contributed by atoms with van der Waals surface area (Å²) in [5.41, 5.74) is 0. The molecule has 0 amide bonds. The lowest BCUT2D eigenvalue weighted by Crippen LogP contribution is -2.51. The van der Waals surface area contributed by atoms with E-state index in [1.807, 2.05) is 20.8 Å². The van der Waals surface area contributed by atoms with Gasteiger partial charge in [-0.25, -0.2) is 0 Å². The van der Waals surface area contributed by atoms with Crippen LogP contribution in [0.25, 0.3) is 0 Å². The average molecular weight is 236 g/mol. The molecule has 0 aromatic rings. The molecule has 0 radical (unpaired) electrons. The van der Waals surface area contributed by atoms with Crippen molar-refractivity contribution in [1.82, 2.24) is 0 Å². The zero-order valence-corrected chi connectivity index (χ0v) is 11.4. The van der Waals surface area contributed by atoms with Crippen LogP contribution >= 0.6 is 0 Å². The number of rotatable bonds is 10. The first-order valence-electron chi connectivity index (χ1n) is 5.74. The van der Waals surface area contributed by atoms with Crippen molar-refractivity contribution >= 4 is 8.80 Å². The van der Waals surface area contributed by atoms with E-state index in [2.05, 4.69) is 6.92 Å². The first kappa shape index (κ1) is 15.1. The SMILES string of the molecule is CCCOC[Si](OCC)(OCC)OCC. The van der Waals surface area contributed by atoms with Crippen molar-refractivity contribution in [2.75, 3.05) is 32.7 Å². The van der Waals surface area contributed by atoms with Crippen molar-refractivity contribution in [3.8, 4) is 0 Å². The second-order valence-corrected chi connectivity index (χ2v) is 5.56. The van der Waals surface area contributed by atoms with Gasteiger partial charge >= 0.3 is 8.80 Å². The molecule has 0 aliphatic rings. The lowest BCUT2D eigenvalue weighted by atomic mass is 10.5. The maximum absolute atomic E-state index is 5.63. The Morgan fingerprint density at radius 3 is 1.60 bits per heavy atom. The zero-order chi connectivity index (χ0) is 11.6. The molecule has 0 aliphatic carbocycles. The molecule has 0 aromatic heterocycles. The average Bonchev–Trinajstić information content (AvgIpc) is 2.19. The third-order valence-electron chi connectivity index (χ3n) is 1.72. The van der Waals surface area contributed by atoms with Crippen LogP contribution in [0.3, 0.4) is 0 Å². The van der Waals surface area contributed by atoms with Crippen LogP contribution in [0.4, 0.5) is 0 Å². The second-order valence-electron chi connectivity index (χ2n) is 3.03. The number of hydrogen-bond donors (Lipinski definition) is 0. The van der Waals surface area contributed by atoms with Crippen molar-refractivity contribution in [2.24, 2.45) is 0 Å². The van der Waals surface area contributed by atoms with Crippen LogP contribution in [-0.2, 0) is 18.0 Å². The standard InChI is InChI=1S/C10H24O4Si/c1-5-9-11-10-15(12-6-2,13-7-3)14-8-4/h5-10H2,1-4H3. The van der Waals surface area contributed by atoms with Crippen LogP contribution in [0.1, 0.15) is 34.1 Å². The molecule has 0 saturated carbocycles. The minimum atomic E-state index is -2.55. The fourth-order valence-corrected chi connectivity index (χ4v) is 3.47. The monoisotopic (exact) mass is 236 g/mol. The highest BCUT2D eigenvalue weighted by molar-refractivity contribution is 6.60. The van der Waals surface area contributed by atoms with Gasteiger partial charge in [0.05, 0.1) is 0 Å². The molecular weight excluding hydrogens is 212 g/mol. The third-order valence-corrected chi connectivity index (χ3v) is 4.46. The summed E-state index contributed by atoms with van der Waals surface area (Å²) in [6.45, 7) is 10.4. The van der Waals surface area contributed by atoms with Gasteiger partial charge in [-0.2, -0.15) is 0 Å². The van der Waals surface area contributed by atoms with Crippen molar-refractivity contribution in [3.05, 3.63) is 0 Å². The minimum absolute atomic E-state index is 0.455. The molecule has 0 N–H and O–H groups in total. The highest BCUT2D eigenvalue weighted by atomic mass is 28.4. The Kier molecular flexibility index (Phi) is 9.33. The molecule has 0 atom stereocenters. The summed E-state index contributed by atoms with van der Waals surface area (Å²) in [5.74, 6) is 0. The molecule has 15 heavy (non-hydrogen) atoms. The largest absolute Gasteiger partial charge is 0.528 e. The van der Waals surface area contributed by atoms with Crippen molar-refractivity contribution in [3.63, 3.8) is 0 Å². The summed E-state index contributed by atoms with van der Waals surface area (Å²) < 4.78 is 22.4. The molecular formula is C10H24O4Si. The van der Waals surface area contributed by atoms with Crippen LogP contribution in [0.5, 0.6) is 0 Å². The first-order valence-corrected chi connectivity index (χ1v) is 7.67. The Bertz CT molecular complexity index is 126. The van der Waals surface area contributed by atoms with Gasteiger partial charge in [-0.3, -0.25) is 0 Å². The van der Waals surface area contributed by atoms with Crippen molar-refractivity contribution in [2.45, 2.75) is 34.1 Å². The highest BCUT2D eigenvalue weighted by Crippen LogP contribution is 2.10. The Labute approximate surface area is 94.2 Å². The predicted octanol–water partition coefficient (Wildman–Crippen LogP) is 2.00. The van der Waals surface area contributed by atoms with Gasteiger partial charge in [0.15, 0.2) is 0 Å². The minimum Gasteiger partial charge on any atom is -0.377 e. The molecule has 0 aromatic carbocycles. The molecule has 0 heterocycles. The molecule has 0 spiro atoms. The van der Waals surface area contributed by atoms with Gasteiger partial charge in [-0.15, -0.1) is 0 Å². The summed E-state index contributed by atoms with van der Waals surface area (Å²) in [7, 11) is -2.55. The Morgan fingerprint density at radius 1 is 0.800 bits per heavy atom. The molecule has 0 fully saturated rings. The summed E-state index contributed by atoms with van der Waals surface area (Å²) in [6.07, 6.45) is 1.45. The topological polar surface area (TPSA) is 36.9 Å². The summed E-state index contributed by atoms with van der Waals surface area (Å²) >= 11 is 0. The van der Waals surface area contributed by atoms with Crippen molar-refractivity contribution < 1.29 is 18.0 Å². The zero-order valence-electron chi connectivity index (χ0n) is 10.4. The fourth-order valence-electron chi connectivity index (χ4n) is 1.25. The molecule has 4 nitrogen and oxygen atoms in total. The first-order chi connectivity index (χ1) is 7.24. The lowest BCUT2D eigenvalue weighted by Gasteiger charge is -2.27. The van der Waals surface area contributed by atoms with E-state index < -0.39 is 8.80 Å². The van der Waals surface area contributed by atoms with Crippen LogP contribution in [-0.4, -0.2) is 41.5 Å². The lowest BCUT2D eigenvalue weighted by molar-refractivity contribution is 0.0303. The van der Waals surface area contributed by atoms with Gasteiger partial charge in [-0.1, -0.05) is 6.92 Å². The summed E-state index contributed by atoms with van der Waals surface area (Å²) in [5, 5.41) is 0. The fraction of sp³-hybridized carbons (Fsp3) is 1.00. The molecule has 0 aliphatic heterocycles. The van der Waals surface area contributed by atoms with E-state index in [1.165, 1.54) is 0 Å². The molecule has 0 unspecified atom stereocenters. The van der Waals surface area contributed by atoms with E-state index in [-0.39, 0.29) is 0 Å². The summed E-state index contributed by atoms with van der Waals surface area (Å²) in [6, 6.07) is 0. The normalized spacial score (nSPS) is 12.0. The van der Waals surface area contributed by atoms with Gasteiger partial charge in [0.25, 0.3) is 0 Å². The van der Waals surface area contributed by atoms with E-state index in [0.717, 1.165) is 13.0 Å². The van der Waals surface area contributed by atoms with Crippen LogP contribution in [0, 0.1) is 0 Å². The molecule has 5 heteroatoms. The Morgan fingerprint density at radius 2 is 1.27 bits per heavy atom.